The van der Waals surface area contributed by atoms with Crippen molar-refractivity contribution in [3.05, 3.63) is 0 Å². The predicted molar refractivity (Wildman–Crippen MR) is 17.1 cm³/mol. The molecule has 5 heavy (non-hydrogen) atoms. The van der Waals surface area contributed by atoms with Crippen LogP contribution in [0.25, 0.3) is 0 Å². The van der Waals surface area contributed by atoms with E-state index in [1.54, 1.807) is 6.07 Å². The van der Waals surface area contributed by atoms with E-state index in [2.05, 4.69) is 25.2 Å². The topological polar surface area (TPSA) is 23.8 Å². The molecule has 0 unspecified atom stereocenters. The summed E-state index contributed by atoms with van der Waals surface area (Å²) in [6, 6.07) is 1.75. The molecule has 0 aromatic rings. The predicted octanol–water partition coefficient (Wildman–Crippen LogP) is 1.22. The van der Waals surface area contributed by atoms with Gasteiger partial charge in [-0.25, -0.2) is 0 Å². The van der Waals surface area contributed by atoms with Gasteiger partial charge >= 0.3 is 25.2 Å². The van der Waals surface area contributed by atoms with E-state index in [1.807, 2.05) is 0 Å². The zero-order valence-corrected chi connectivity index (χ0v) is 4.64. The maximum atomic E-state index is 7.32. The molecule has 0 amide bonds. The molecule has 0 heterocycles. The van der Waals surface area contributed by atoms with Crippen LogP contribution in [0.4, 0.5) is 0 Å². The van der Waals surface area contributed by atoms with Gasteiger partial charge < -0.3 is 0 Å². The summed E-state index contributed by atoms with van der Waals surface area (Å²) in [4.78, 5) is 0. The van der Waals surface area contributed by atoms with Crippen molar-refractivity contribution in [2.75, 3.05) is 0 Å². The minimum absolute atomic E-state index is 1.43. The van der Waals surface area contributed by atoms with Crippen molar-refractivity contribution in [1.82, 2.24) is 0 Å². The SMILES string of the molecule is CC#N.[Cl][Mn]. The molecule has 0 spiro atoms. The summed E-state index contributed by atoms with van der Waals surface area (Å²) in [5.74, 6) is 0. The third-order valence-corrected chi connectivity index (χ3v) is 0. The first-order valence-corrected chi connectivity index (χ1v) is 2.49. The van der Waals surface area contributed by atoms with E-state index in [4.69, 9.17) is 5.26 Å². The van der Waals surface area contributed by atoms with E-state index < -0.39 is 0 Å². The van der Waals surface area contributed by atoms with Crippen LogP contribution in [-0.2, 0) is 15.1 Å². The van der Waals surface area contributed by atoms with Gasteiger partial charge in [-0.1, -0.05) is 0 Å². The van der Waals surface area contributed by atoms with Gasteiger partial charge in [0.25, 0.3) is 0 Å². The number of halogens is 1. The first-order valence-electron chi connectivity index (χ1n) is 0.866. The first-order chi connectivity index (χ1) is 2.41. The first kappa shape index (κ1) is 9.00. The van der Waals surface area contributed by atoms with Crippen LogP contribution in [0.3, 0.4) is 0 Å². The number of nitrogens with zero attached hydrogens (tertiary/aromatic N) is 1. The third kappa shape index (κ3) is 253. The van der Waals surface area contributed by atoms with Gasteiger partial charge in [0.05, 0.1) is 6.07 Å². The van der Waals surface area contributed by atoms with Crippen molar-refractivity contribution in [2.45, 2.75) is 6.92 Å². The number of rotatable bonds is 0. The maximum absolute atomic E-state index is 7.32. The van der Waals surface area contributed by atoms with Gasteiger partial charge in [-0.3, -0.25) is 0 Å². The molecule has 0 saturated carbocycles. The quantitative estimate of drug-likeness (QED) is 0.454. The van der Waals surface area contributed by atoms with E-state index in [0.29, 0.717) is 0 Å². The molecule has 30 valence electrons. The van der Waals surface area contributed by atoms with Gasteiger partial charge in [0.15, 0.2) is 0 Å². The second kappa shape index (κ2) is 27.7. The molecule has 0 aliphatic carbocycles. The van der Waals surface area contributed by atoms with Crippen molar-refractivity contribution in [3.63, 3.8) is 0 Å². The summed E-state index contributed by atoms with van der Waals surface area (Å²) < 4.78 is 0. The van der Waals surface area contributed by atoms with Crippen LogP contribution in [0.2, 0.25) is 0 Å². The Labute approximate surface area is 44.0 Å². The number of hydrogen-bond acceptors (Lipinski definition) is 1. The fourth-order valence-electron chi connectivity index (χ4n) is 0. The minimum atomic E-state index is 1.43. The Hall–Kier alpha value is 0.299. The molecular formula is C2H3ClMnN. The van der Waals surface area contributed by atoms with Gasteiger partial charge in [0.2, 0.25) is 0 Å². The average molecular weight is 131 g/mol. The van der Waals surface area contributed by atoms with Crippen molar-refractivity contribution in [2.24, 2.45) is 0 Å². The Kier molecular flexibility index (Phi) is 49.9. The third-order valence-electron chi connectivity index (χ3n) is 0. The number of nitriles is 1. The monoisotopic (exact) mass is 131 g/mol. The van der Waals surface area contributed by atoms with E-state index in [9.17, 15) is 0 Å². The molecule has 0 aliphatic rings. The van der Waals surface area contributed by atoms with Gasteiger partial charge in [0, 0.05) is 6.92 Å². The molecule has 0 radical (unpaired) electrons. The van der Waals surface area contributed by atoms with Crippen molar-refractivity contribution < 1.29 is 15.1 Å². The van der Waals surface area contributed by atoms with Gasteiger partial charge in [-0.2, -0.15) is 5.26 Å². The second-order valence-corrected chi connectivity index (χ2v) is 0.224. The zero-order valence-electron chi connectivity index (χ0n) is 2.70. The van der Waals surface area contributed by atoms with Crippen LogP contribution in [0.1, 0.15) is 6.92 Å². The molecule has 1 nitrogen and oxygen atoms in total. The van der Waals surface area contributed by atoms with Crippen molar-refractivity contribution >= 4 is 10.1 Å². The fourth-order valence-corrected chi connectivity index (χ4v) is 0. The summed E-state index contributed by atoms with van der Waals surface area (Å²) in [6.07, 6.45) is 0. The van der Waals surface area contributed by atoms with Crippen LogP contribution < -0.4 is 0 Å². The molecule has 0 aromatic heterocycles. The molecule has 0 saturated heterocycles. The summed E-state index contributed by atoms with van der Waals surface area (Å²) in [7, 11) is 4.45. The Bertz CT molecular complexity index is 31.1. The van der Waals surface area contributed by atoms with Crippen LogP contribution >= 0.6 is 10.1 Å². The number of hydrogen-bond donors (Lipinski definition) is 0. The van der Waals surface area contributed by atoms with Crippen LogP contribution in [0.15, 0.2) is 0 Å². The second-order valence-electron chi connectivity index (χ2n) is 0.224. The van der Waals surface area contributed by atoms with Crippen molar-refractivity contribution in [3.8, 4) is 6.07 Å². The summed E-state index contributed by atoms with van der Waals surface area (Å²) >= 11 is 2.41. The van der Waals surface area contributed by atoms with Gasteiger partial charge in [-0.15, -0.1) is 0 Å². The molecule has 0 N–H and O–H groups in total. The molecule has 0 atom stereocenters. The average Bonchev–Trinajstić information content (AvgIpc) is 1.46. The Morgan fingerprint density at radius 3 is 1.80 bits per heavy atom. The van der Waals surface area contributed by atoms with E-state index in [1.165, 1.54) is 6.92 Å². The zero-order chi connectivity index (χ0) is 4.71. The summed E-state index contributed by atoms with van der Waals surface area (Å²) in [5.41, 5.74) is 0. The molecule has 0 bridgehead atoms. The van der Waals surface area contributed by atoms with Crippen LogP contribution in [-0.4, -0.2) is 0 Å². The normalized spacial score (nSPS) is 2.80. The molecular weight excluding hydrogens is 128 g/mol. The van der Waals surface area contributed by atoms with Gasteiger partial charge in [-0.05, 0) is 0 Å². The Morgan fingerprint density at radius 2 is 1.80 bits per heavy atom. The van der Waals surface area contributed by atoms with E-state index in [0.717, 1.165) is 0 Å². The van der Waals surface area contributed by atoms with Crippen molar-refractivity contribution in [1.29, 1.82) is 5.26 Å². The van der Waals surface area contributed by atoms with Crippen LogP contribution in [0.5, 0.6) is 0 Å². The Morgan fingerprint density at radius 1 is 1.80 bits per heavy atom. The standard InChI is InChI=1S/C2H3N.ClH.Mn/c1-2-3;;/h1H3;1H;/q;;+1/p-1. The van der Waals surface area contributed by atoms with E-state index in [-0.39, 0.29) is 0 Å². The molecule has 3 heteroatoms. The molecule has 0 rings (SSSR count). The summed E-state index contributed by atoms with van der Waals surface area (Å²) in [6.45, 7) is 1.43. The molecule has 0 aromatic carbocycles. The van der Waals surface area contributed by atoms with E-state index >= 15 is 0 Å². The van der Waals surface area contributed by atoms with Gasteiger partial charge in [0.1, 0.15) is 0 Å². The molecule has 0 fully saturated rings. The van der Waals surface area contributed by atoms with Crippen LogP contribution in [0, 0.1) is 11.3 Å². The molecule has 0 aliphatic heterocycles. The summed E-state index contributed by atoms with van der Waals surface area (Å²) in [5, 5.41) is 7.32. The Balaban J connectivity index is 0. The fraction of sp³-hybridized carbons (Fsp3) is 0.500.